The maximum Gasteiger partial charge on any atom is 0.0726 e. The molecule has 0 saturated carbocycles. The van der Waals surface area contributed by atoms with Gasteiger partial charge in [-0.25, -0.2) is 0 Å². The number of para-hydroxylation sites is 3. The van der Waals surface area contributed by atoms with Gasteiger partial charge in [0.2, 0.25) is 0 Å². The van der Waals surface area contributed by atoms with Gasteiger partial charge in [-0.15, -0.1) is 0 Å². The summed E-state index contributed by atoms with van der Waals surface area (Å²) in [7, 11) is 0. The largest absolute Gasteiger partial charge is 0.310 e. The topological polar surface area (TPSA) is 13.1 Å². The van der Waals surface area contributed by atoms with E-state index < -0.39 is 5.41 Å². The Balaban J connectivity index is 1.00. The Hall–Kier alpha value is -9.96. The Morgan fingerprint density at radius 3 is 1.24 bits per heavy atom. The molecule has 14 aromatic rings. The first-order valence-electron chi connectivity index (χ1n) is 26.3. The molecule has 354 valence electrons. The number of rotatable bonds is 7. The summed E-state index contributed by atoms with van der Waals surface area (Å²) in [6.45, 7) is 0. The summed E-state index contributed by atoms with van der Waals surface area (Å²) in [4.78, 5) is 2.55. The van der Waals surface area contributed by atoms with Gasteiger partial charge in [-0.3, -0.25) is 0 Å². The molecule has 0 aliphatic heterocycles. The zero-order valence-corrected chi connectivity index (χ0v) is 41.5. The van der Waals surface area contributed by atoms with Crippen LogP contribution >= 0.6 is 0 Å². The number of anilines is 3. The van der Waals surface area contributed by atoms with Crippen molar-refractivity contribution in [2.75, 3.05) is 4.90 Å². The Morgan fingerprint density at radius 1 is 0.263 bits per heavy atom. The minimum atomic E-state index is -0.499. The van der Waals surface area contributed by atoms with Crippen LogP contribution in [0, 0.1) is 0 Å². The first-order valence-corrected chi connectivity index (χ1v) is 26.3. The number of benzene rings is 12. The highest BCUT2D eigenvalue weighted by molar-refractivity contribution is 6.13. The summed E-state index contributed by atoms with van der Waals surface area (Å²) in [6, 6.07) is 106. The van der Waals surface area contributed by atoms with Crippen molar-refractivity contribution < 1.29 is 0 Å². The van der Waals surface area contributed by atoms with Crippen molar-refractivity contribution in [1.29, 1.82) is 0 Å². The monoisotopic (exact) mass is 965 g/mol. The highest BCUT2D eigenvalue weighted by Crippen LogP contribution is 2.65. The highest BCUT2D eigenvalue weighted by atomic mass is 15.2. The van der Waals surface area contributed by atoms with Gasteiger partial charge in [-0.1, -0.05) is 212 Å². The standard InChI is InChI=1S/C73H47N3/c1-4-21-48(22-5-1)50-43-51(49-23-6-2-7-24-49)45-55(44-50)76-68-37-19-14-30-59(68)61-42-40-54(47-71(61)76)74(53-39-41-60-58-29-13-18-36-67(58)75(70(60)46-53)52-25-8-3-9-26-52)69-38-20-35-66-72(69)62-31-12-17-34-65(62)73(66)63-32-15-10-27-56(63)57-28-11-16-33-64(57)73/h1-47H. The molecule has 0 N–H and O–H groups in total. The summed E-state index contributed by atoms with van der Waals surface area (Å²) in [6.07, 6.45) is 0. The average molecular weight is 966 g/mol. The Bertz CT molecular complexity index is 4540. The lowest BCUT2D eigenvalue weighted by Crippen LogP contribution is -2.26. The number of fused-ring (bicyclic) bond motifs is 16. The number of hydrogen-bond acceptors (Lipinski definition) is 1. The van der Waals surface area contributed by atoms with Crippen LogP contribution in [0.2, 0.25) is 0 Å². The maximum absolute atomic E-state index is 2.55. The van der Waals surface area contributed by atoms with E-state index in [0.29, 0.717) is 0 Å². The van der Waals surface area contributed by atoms with Crippen LogP contribution in [0.1, 0.15) is 22.3 Å². The second-order valence-electron chi connectivity index (χ2n) is 20.4. The molecule has 1 spiro atoms. The second-order valence-corrected chi connectivity index (χ2v) is 20.4. The summed E-state index contributed by atoms with van der Waals surface area (Å²) in [5, 5.41) is 4.86. The van der Waals surface area contributed by atoms with E-state index in [-0.39, 0.29) is 0 Å². The van der Waals surface area contributed by atoms with Crippen LogP contribution in [0.4, 0.5) is 17.1 Å². The smallest absolute Gasteiger partial charge is 0.0726 e. The van der Waals surface area contributed by atoms with Crippen LogP contribution in [0.5, 0.6) is 0 Å². The number of aromatic nitrogens is 2. The summed E-state index contributed by atoms with van der Waals surface area (Å²) in [5.74, 6) is 0. The maximum atomic E-state index is 2.55. The van der Waals surface area contributed by atoms with Crippen LogP contribution in [0.25, 0.3) is 99.5 Å². The molecular formula is C73H47N3. The van der Waals surface area contributed by atoms with Crippen molar-refractivity contribution in [2.45, 2.75) is 5.41 Å². The highest BCUT2D eigenvalue weighted by Gasteiger charge is 2.52. The Labute approximate surface area is 441 Å². The van der Waals surface area contributed by atoms with Gasteiger partial charge < -0.3 is 14.0 Å². The average Bonchev–Trinajstić information content (AvgIpc) is 4.29. The van der Waals surface area contributed by atoms with Gasteiger partial charge in [0.25, 0.3) is 0 Å². The van der Waals surface area contributed by atoms with E-state index in [0.717, 1.165) is 45.0 Å². The van der Waals surface area contributed by atoms with Crippen molar-refractivity contribution in [3.8, 4) is 55.9 Å². The minimum Gasteiger partial charge on any atom is -0.310 e. The Kier molecular flexibility index (Phi) is 9.25. The summed E-state index contributed by atoms with van der Waals surface area (Å²) < 4.78 is 4.93. The van der Waals surface area contributed by atoms with Crippen LogP contribution in [-0.4, -0.2) is 9.13 Å². The van der Waals surface area contributed by atoms with Gasteiger partial charge in [-0.2, -0.15) is 0 Å². The van der Waals surface area contributed by atoms with E-state index in [1.165, 1.54) is 93.8 Å². The SMILES string of the molecule is c1ccc(-c2cc(-c3ccccc3)cc(-n3c4ccccc4c4ccc(N(c5ccc6c7ccccc7n(-c7ccccc7)c6c5)c5cccc6c5-c5ccccc5C65c6ccccc6-c6ccccc65)cc43)c2)cc1. The number of nitrogens with zero attached hydrogens (tertiary/aromatic N) is 3. The molecule has 2 heterocycles. The van der Waals surface area contributed by atoms with Crippen molar-refractivity contribution >= 4 is 60.7 Å². The number of hydrogen-bond donors (Lipinski definition) is 0. The van der Waals surface area contributed by atoms with Crippen LogP contribution in [0.15, 0.2) is 285 Å². The molecule has 2 aromatic heterocycles. The normalized spacial score (nSPS) is 12.8. The lowest BCUT2D eigenvalue weighted by atomic mass is 9.70. The van der Waals surface area contributed by atoms with Gasteiger partial charge in [0, 0.05) is 49.9 Å². The predicted molar refractivity (Wildman–Crippen MR) is 317 cm³/mol. The molecule has 16 rings (SSSR count). The zero-order valence-electron chi connectivity index (χ0n) is 41.5. The third-order valence-corrected chi connectivity index (χ3v) is 16.5. The summed E-state index contributed by atoms with van der Waals surface area (Å²) in [5.41, 5.74) is 24.7. The molecule has 0 unspecified atom stereocenters. The van der Waals surface area contributed by atoms with E-state index >= 15 is 0 Å². The third-order valence-electron chi connectivity index (χ3n) is 16.5. The van der Waals surface area contributed by atoms with E-state index in [4.69, 9.17) is 0 Å². The van der Waals surface area contributed by atoms with E-state index in [2.05, 4.69) is 299 Å². The fraction of sp³-hybridized carbons (Fsp3) is 0.0137. The van der Waals surface area contributed by atoms with Gasteiger partial charge in [0.15, 0.2) is 0 Å². The van der Waals surface area contributed by atoms with Crippen molar-refractivity contribution in [3.05, 3.63) is 307 Å². The van der Waals surface area contributed by atoms with Gasteiger partial charge >= 0.3 is 0 Å². The second kappa shape index (κ2) is 16.5. The molecule has 3 heteroatoms. The van der Waals surface area contributed by atoms with Crippen LogP contribution in [-0.2, 0) is 5.41 Å². The fourth-order valence-corrected chi connectivity index (χ4v) is 13.4. The van der Waals surface area contributed by atoms with Crippen molar-refractivity contribution in [3.63, 3.8) is 0 Å². The molecule has 0 saturated heterocycles. The molecule has 0 fully saturated rings. The van der Waals surface area contributed by atoms with Gasteiger partial charge in [-0.05, 0) is 134 Å². The van der Waals surface area contributed by atoms with E-state index in [1.807, 2.05) is 0 Å². The minimum absolute atomic E-state index is 0.499. The molecule has 76 heavy (non-hydrogen) atoms. The van der Waals surface area contributed by atoms with Crippen LogP contribution in [0.3, 0.4) is 0 Å². The van der Waals surface area contributed by atoms with E-state index in [1.54, 1.807) is 0 Å². The lowest BCUT2D eigenvalue weighted by Gasteiger charge is -2.32. The first-order chi connectivity index (χ1) is 37.7. The van der Waals surface area contributed by atoms with Crippen molar-refractivity contribution in [2.24, 2.45) is 0 Å². The molecule has 0 atom stereocenters. The lowest BCUT2D eigenvalue weighted by molar-refractivity contribution is 0.794. The first kappa shape index (κ1) is 42.5. The molecule has 2 aliphatic carbocycles. The molecule has 0 radical (unpaired) electrons. The molecule has 12 aromatic carbocycles. The van der Waals surface area contributed by atoms with Crippen LogP contribution < -0.4 is 4.90 Å². The zero-order chi connectivity index (χ0) is 49.9. The molecular weight excluding hydrogens is 919 g/mol. The fourth-order valence-electron chi connectivity index (χ4n) is 13.4. The molecule has 3 nitrogen and oxygen atoms in total. The Morgan fingerprint density at radius 2 is 0.684 bits per heavy atom. The molecule has 2 aliphatic rings. The van der Waals surface area contributed by atoms with E-state index in [9.17, 15) is 0 Å². The molecule has 0 amide bonds. The predicted octanol–water partition coefficient (Wildman–Crippen LogP) is 19.0. The van der Waals surface area contributed by atoms with Gasteiger partial charge in [0.1, 0.15) is 0 Å². The third kappa shape index (κ3) is 6.05. The summed E-state index contributed by atoms with van der Waals surface area (Å²) >= 11 is 0. The van der Waals surface area contributed by atoms with Crippen molar-refractivity contribution in [1.82, 2.24) is 9.13 Å². The molecule has 0 bridgehead atoms. The van der Waals surface area contributed by atoms with Gasteiger partial charge in [0.05, 0.1) is 33.2 Å². The quantitative estimate of drug-likeness (QED) is 0.155.